The predicted molar refractivity (Wildman–Crippen MR) is 98.0 cm³/mol. The van der Waals surface area contributed by atoms with E-state index < -0.39 is 0 Å². The number of nitrogens with zero attached hydrogens (tertiary/aromatic N) is 1. The van der Waals surface area contributed by atoms with Crippen LogP contribution in [0.1, 0.15) is 49.8 Å². The molecule has 1 aliphatic rings. The van der Waals surface area contributed by atoms with Gasteiger partial charge in [-0.3, -0.25) is 9.59 Å². The van der Waals surface area contributed by atoms with E-state index in [0.717, 1.165) is 42.7 Å². The van der Waals surface area contributed by atoms with Crippen molar-refractivity contribution in [3.05, 3.63) is 28.8 Å². The normalized spacial score (nSPS) is 19.0. The molecule has 1 N–H and O–H groups in total. The fraction of sp³-hybridized carbons (Fsp3) is 0.600. The van der Waals surface area contributed by atoms with Gasteiger partial charge in [-0.15, -0.1) is 0 Å². The zero-order valence-corrected chi connectivity index (χ0v) is 15.6. The molecule has 2 amide bonds. The van der Waals surface area contributed by atoms with E-state index in [4.69, 9.17) is 0 Å². The minimum atomic E-state index is -0.172. The molecule has 2 rings (SSSR count). The molecule has 1 aromatic rings. The smallest absolute Gasteiger partial charge is 0.228 e. The van der Waals surface area contributed by atoms with Crippen molar-refractivity contribution in [3.63, 3.8) is 0 Å². The summed E-state index contributed by atoms with van der Waals surface area (Å²) in [5.74, 6) is -0.171. The molecule has 0 bridgehead atoms. The maximum absolute atomic E-state index is 12.6. The lowest BCUT2D eigenvalue weighted by molar-refractivity contribution is -0.134. The second-order valence-corrected chi connectivity index (χ2v) is 7.04. The second kappa shape index (κ2) is 7.82. The molecular weight excluding hydrogens is 300 g/mol. The molecule has 4 nitrogen and oxygen atoms in total. The van der Waals surface area contributed by atoms with Gasteiger partial charge in [0.2, 0.25) is 11.8 Å². The fourth-order valence-electron chi connectivity index (χ4n) is 3.46. The number of carbonyl (C=O) groups is 2. The number of amides is 2. The Morgan fingerprint density at radius 3 is 2.08 bits per heavy atom. The molecule has 2 atom stereocenters. The van der Waals surface area contributed by atoms with Gasteiger partial charge < -0.3 is 10.2 Å². The van der Waals surface area contributed by atoms with Gasteiger partial charge in [0.1, 0.15) is 0 Å². The largest absolute Gasteiger partial charge is 0.342 e. The maximum atomic E-state index is 12.6. The van der Waals surface area contributed by atoms with Crippen LogP contribution >= 0.6 is 0 Å². The maximum Gasteiger partial charge on any atom is 0.228 e. The zero-order valence-electron chi connectivity index (χ0n) is 15.6. The van der Waals surface area contributed by atoms with Gasteiger partial charge in [0.15, 0.2) is 0 Å². The van der Waals surface area contributed by atoms with Crippen LogP contribution in [0.5, 0.6) is 0 Å². The number of nitrogens with one attached hydrogen (secondary N) is 1. The van der Waals surface area contributed by atoms with Crippen LogP contribution in [0.15, 0.2) is 12.1 Å². The first kappa shape index (κ1) is 18.5. The van der Waals surface area contributed by atoms with E-state index in [2.05, 4.69) is 38.2 Å². The highest BCUT2D eigenvalue weighted by Gasteiger charge is 2.49. The van der Waals surface area contributed by atoms with Crippen LogP contribution in [-0.4, -0.2) is 29.8 Å². The summed E-state index contributed by atoms with van der Waals surface area (Å²) in [6, 6.07) is 4.14. The highest BCUT2D eigenvalue weighted by atomic mass is 16.2. The molecule has 0 spiro atoms. The Morgan fingerprint density at radius 2 is 1.58 bits per heavy atom. The molecular formula is C20H30N2O2. The molecule has 2 unspecified atom stereocenters. The van der Waals surface area contributed by atoms with E-state index in [1.807, 2.05) is 18.7 Å². The van der Waals surface area contributed by atoms with Gasteiger partial charge in [-0.25, -0.2) is 0 Å². The molecule has 1 fully saturated rings. The Morgan fingerprint density at radius 1 is 1.04 bits per heavy atom. The summed E-state index contributed by atoms with van der Waals surface area (Å²) < 4.78 is 0. The third-order valence-corrected chi connectivity index (χ3v) is 4.67. The van der Waals surface area contributed by atoms with Gasteiger partial charge in [-0.05, 0) is 51.2 Å². The van der Waals surface area contributed by atoms with Gasteiger partial charge in [0, 0.05) is 18.8 Å². The standard InChI is InChI=1S/C20H30N2O2/c1-6-8-22(9-7-2)20(24)17-12-16(17)19(23)21-18-14(4)10-13(3)11-15(18)5/h10-11,16-17H,6-9,12H2,1-5H3,(H,21,23). The van der Waals surface area contributed by atoms with Crippen LogP contribution in [-0.2, 0) is 9.59 Å². The number of anilines is 1. The van der Waals surface area contributed by atoms with Crippen LogP contribution in [0.25, 0.3) is 0 Å². The van der Waals surface area contributed by atoms with Crippen LogP contribution in [0.3, 0.4) is 0 Å². The van der Waals surface area contributed by atoms with Crippen molar-refractivity contribution in [2.45, 2.75) is 53.9 Å². The lowest BCUT2D eigenvalue weighted by Crippen LogP contribution is -2.34. The number of hydrogen-bond acceptors (Lipinski definition) is 2. The number of carbonyl (C=O) groups excluding carboxylic acids is 2. The van der Waals surface area contributed by atoms with Gasteiger partial charge in [-0.2, -0.15) is 0 Å². The summed E-state index contributed by atoms with van der Waals surface area (Å²) in [5.41, 5.74) is 4.23. The van der Waals surface area contributed by atoms with Crippen LogP contribution in [0.4, 0.5) is 5.69 Å². The monoisotopic (exact) mass is 330 g/mol. The van der Waals surface area contributed by atoms with Crippen LogP contribution < -0.4 is 5.32 Å². The van der Waals surface area contributed by atoms with Crippen LogP contribution in [0.2, 0.25) is 0 Å². The number of rotatable bonds is 7. The van der Waals surface area contributed by atoms with Gasteiger partial charge in [0.25, 0.3) is 0 Å². The fourth-order valence-corrected chi connectivity index (χ4v) is 3.46. The Labute approximate surface area is 145 Å². The Hall–Kier alpha value is -1.84. The molecule has 0 heterocycles. The average Bonchev–Trinajstić information content (AvgIpc) is 3.30. The minimum absolute atomic E-state index is 0.0173. The first-order valence-electron chi connectivity index (χ1n) is 9.06. The molecule has 1 saturated carbocycles. The van der Waals surface area contributed by atoms with E-state index in [-0.39, 0.29) is 23.7 Å². The summed E-state index contributed by atoms with van der Waals surface area (Å²) in [6.07, 6.45) is 2.59. The average molecular weight is 330 g/mol. The lowest BCUT2D eigenvalue weighted by atomic mass is 10.0. The van der Waals surface area contributed by atoms with Crippen molar-refractivity contribution in [2.24, 2.45) is 11.8 Å². The molecule has 0 aliphatic heterocycles. The predicted octanol–water partition coefficient (Wildman–Crippen LogP) is 3.84. The molecule has 1 aliphatic carbocycles. The van der Waals surface area contributed by atoms with Gasteiger partial charge in [0.05, 0.1) is 11.8 Å². The highest BCUT2D eigenvalue weighted by Crippen LogP contribution is 2.41. The molecule has 0 saturated heterocycles. The summed E-state index contributed by atoms with van der Waals surface area (Å²) in [5, 5.41) is 3.05. The summed E-state index contributed by atoms with van der Waals surface area (Å²) in [6.45, 7) is 11.8. The molecule has 0 radical (unpaired) electrons. The quantitative estimate of drug-likeness (QED) is 0.826. The van der Waals surface area contributed by atoms with Crippen molar-refractivity contribution in [1.82, 2.24) is 4.90 Å². The van der Waals surface area contributed by atoms with Gasteiger partial charge in [-0.1, -0.05) is 31.5 Å². The van der Waals surface area contributed by atoms with E-state index in [1.165, 1.54) is 5.56 Å². The first-order chi connectivity index (χ1) is 11.4. The van der Waals surface area contributed by atoms with Gasteiger partial charge >= 0.3 is 0 Å². The SMILES string of the molecule is CCCN(CCC)C(=O)C1CC1C(=O)Nc1c(C)cc(C)cc1C. The molecule has 24 heavy (non-hydrogen) atoms. The Balaban J connectivity index is 2.00. The molecule has 1 aromatic carbocycles. The first-order valence-corrected chi connectivity index (χ1v) is 9.06. The van der Waals surface area contributed by atoms with Crippen molar-refractivity contribution in [1.29, 1.82) is 0 Å². The van der Waals surface area contributed by atoms with Crippen molar-refractivity contribution >= 4 is 17.5 Å². The third-order valence-electron chi connectivity index (χ3n) is 4.67. The topological polar surface area (TPSA) is 49.4 Å². The summed E-state index contributed by atoms with van der Waals surface area (Å²) in [7, 11) is 0. The number of benzene rings is 1. The molecule has 132 valence electrons. The third kappa shape index (κ3) is 4.16. The Kier molecular flexibility index (Phi) is 6.03. The lowest BCUT2D eigenvalue weighted by Gasteiger charge is -2.21. The van der Waals surface area contributed by atoms with Crippen LogP contribution in [0, 0.1) is 32.6 Å². The number of hydrogen-bond donors (Lipinski definition) is 1. The van der Waals surface area contributed by atoms with E-state index >= 15 is 0 Å². The summed E-state index contributed by atoms with van der Waals surface area (Å²) >= 11 is 0. The molecule has 0 aromatic heterocycles. The van der Waals surface area contributed by atoms with E-state index in [1.54, 1.807) is 0 Å². The number of aryl methyl sites for hydroxylation is 3. The second-order valence-electron chi connectivity index (χ2n) is 7.04. The minimum Gasteiger partial charge on any atom is -0.342 e. The highest BCUT2D eigenvalue weighted by molar-refractivity contribution is 6.00. The Bertz CT molecular complexity index is 595. The summed E-state index contributed by atoms with van der Waals surface area (Å²) in [4.78, 5) is 27.0. The zero-order chi connectivity index (χ0) is 17.9. The molecule has 4 heteroatoms. The van der Waals surface area contributed by atoms with Crippen molar-refractivity contribution < 1.29 is 9.59 Å². The van der Waals surface area contributed by atoms with Crippen molar-refractivity contribution in [2.75, 3.05) is 18.4 Å². The van der Waals surface area contributed by atoms with E-state index in [9.17, 15) is 9.59 Å². The van der Waals surface area contributed by atoms with Crippen molar-refractivity contribution in [3.8, 4) is 0 Å². The van der Waals surface area contributed by atoms with E-state index in [0.29, 0.717) is 6.42 Å².